The Bertz CT molecular complexity index is 626. The molecule has 0 unspecified atom stereocenters. The van der Waals surface area contributed by atoms with Crippen LogP contribution in [0, 0.1) is 17.5 Å². The lowest BCUT2D eigenvalue weighted by Gasteiger charge is -2.11. The van der Waals surface area contributed by atoms with Crippen molar-refractivity contribution in [3.63, 3.8) is 0 Å². The zero-order valence-corrected chi connectivity index (χ0v) is 12.0. The summed E-state index contributed by atoms with van der Waals surface area (Å²) >= 11 is 5.62. The predicted octanol–water partition coefficient (Wildman–Crippen LogP) is 4.06. The summed E-state index contributed by atoms with van der Waals surface area (Å²) < 4.78 is 46.2. The summed E-state index contributed by atoms with van der Waals surface area (Å²) in [6.07, 6.45) is 0. The van der Waals surface area contributed by atoms with Crippen molar-refractivity contribution in [1.29, 1.82) is 0 Å². The van der Waals surface area contributed by atoms with E-state index in [1.165, 1.54) is 24.3 Å². The van der Waals surface area contributed by atoms with Crippen molar-refractivity contribution in [3.8, 4) is 5.75 Å². The van der Waals surface area contributed by atoms with Crippen LogP contribution in [0.15, 0.2) is 30.3 Å². The van der Waals surface area contributed by atoms with E-state index in [0.717, 1.165) is 6.07 Å². The molecule has 2 aromatic rings. The third-order valence-electron chi connectivity index (χ3n) is 2.83. The smallest absolute Gasteiger partial charge is 0.191 e. The van der Waals surface area contributed by atoms with Crippen LogP contribution in [0.5, 0.6) is 5.75 Å². The molecule has 0 amide bonds. The number of halogens is 4. The predicted molar refractivity (Wildman–Crippen MR) is 74.9 cm³/mol. The minimum Gasteiger partial charge on any atom is -0.483 e. The third-order valence-corrected chi connectivity index (χ3v) is 3.06. The van der Waals surface area contributed by atoms with Crippen molar-refractivity contribution < 1.29 is 17.9 Å². The van der Waals surface area contributed by atoms with Gasteiger partial charge < -0.3 is 10.1 Å². The zero-order valence-electron chi connectivity index (χ0n) is 11.2. The molecule has 0 atom stereocenters. The summed E-state index contributed by atoms with van der Waals surface area (Å²) in [7, 11) is 1.67. The molecule has 0 radical (unpaired) electrons. The highest BCUT2D eigenvalue weighted by Crippen LogP contribution is 2.25. The Kier molecular flexibility index (Phi) is 5.09. The number of benzene rings is 2. The average molecular weight is 316 g/mol. The van der Waals surface area contributed by atoms with Gasteiger partial charge in [0.25, 0.3) is 0 Å². The van der Waals surface area contributed by atoms with Gasteiger partial charge in [0.1, 0.15) is 12.4 Å². The Balaban J connectivity index is 2.16. The molecule has 0 saturated carbocycles. The van der Waals surface area contributed by atoms with Gasteiger partial charge in [-0.3, -0.25) is 0 Å². The molecule has 0 bridgehead atoms. The van der Waals surface area contributed by atoms with Gasteiger partial charge in [0.2, 0.25) is 0 Å². The van der Waals surface area contributed by atoms with Crippen molar-refractivity contribution in [2.24, 2.45) is 0 Å². The average Bonchev–Trinajstić information content (AvgIpc) is 2.40. The number of nitrogens with one attached hydrogen (secondary N) is 1. The minimum atomic E-state index is -0.824. The van der Waals surface area contributed by atoms with Crippen LogP contribution in [-0.4, -0.2) is 7.05 Å². The molecule has 1 N–H and O–H groups in total. The summed E-state index contributed by atoms with van der Waals surface area (Å²) in [5.41, 5.74) is 0.620. The summed E-state index contributed by atoms with van der Waals surface area (Å²) in [6.45, 7) is 0.0438. The van der Waals surface area contributed by atoms with Crippen LogP contribution in [0.2, 0.25) is 5.02 Å². The van der Waals surface area contributed by atoms with Gasteiger partial charge in [-0.1, -0.05) is 17.7 Å². The first-order chi connectivity index (χ1) is 10.0. The number of hydrogen-bond donors (Lipinski definition) is 1. The Hall–Kier alpha value is -1.72. The molecule has 2 rings (SSSR count). The van der Waals surface area contributed by atoms with E-state index in [2.05, 4.69) is 5.32 Å². The van der Waals surface area contributed by atoms with E-state index in [1.807, 2.05) is 0 Å². The minimum absolute atomic E-state index is 0.164. The SMILES string of the molecule is CNCc1cc(F)c(OCc2ccc(Cl)cc2F)c(F)c1. The van der Waals surface area contributed by atoms with Crippen LogP contribution in [0.1, 0.15) is 11.1 Å². The van der Waals surface area contributed by atoms with E-state index < -0.39 is 23.2 Å². The second kappa shape index (κ2) is 6.83. The van der Waals surface area contributed by atoms with Crippen molar-refractivity contribution in [1.82, 2.24) is 5.32 Å². The highest BCUT2D eigenvalue weighted by molar-refractivity contribution is 6.30. The second-order valence-corrected chi connectivity index (χ2v) is 4.88. The third kappa shape index (κ3) is 3.89. The van der Waals surface area contributed by atoms with E-state index in [1.54, 1.807) is 7.05 Å². The first-order valence-electron chi connectivity index (χ1n) is 6.20. The number of ether oxygens (including phenoxy) is 1. The van der Waals surface area contributed by atoms with Crippen LogP contribution in [0.4, 0.5) is 13.2 Å². The van der Waals surface area contributed by atoms with E-state index in [0.29, 0.717) is 12.1 Å². The van der Waals surface area contributed by atoms with E-state index >= 15 is 0 Å². The van der Waals surface area contributed by atoms with Gasteiger partial charge in [0.15, 0.2) is 17.4 Å². The van der Waals surface area contributed by atoms with Gasteiger partial charge >= 0.3 is 0 Å². The van der Waals surface area contributed by atoms with Crippen molar-refractivity contribution in [2.45, 2.75) is 13.2 Å². The molecule has 0 spiro atoms. The second-order valence-electron chi connectivity index (χ2n) is 4.44. The first kappa shape index (κ1) is 15.7. The van der Waals surface area contributed by atoms with E-state index in [4.69, 9.17) is 16.3 Å². The Morgan fingerprint density at radius 3 is 2.29 bits per heavy atom. The van der Waals surface area contributed by atoms with Gasteiger partial charge in [-0.05, 0) is 36.9 Å². The lowest BCUT2D eigenvalue weighted by atomic mass is 10.2. The lowest BCUT2D eigenvalue weighted by molar-refractivity contribution is 0.269. The normalized spacial score (nSPS) is 10.7. The number of hydrogen-bond acceptors (Lipinski definition) is 2. The molecule has 0 aliphatic carbocycles. The molecule has 0 heterocycles. The Labute approximate surface area is 125 Å². The molecule has 0 saturated heterocycles. The van der Waals surface area contributed by atoms with Crippen molar-refractivity contribution in [3.05, 3.63) is 63.9 Å². The summed E-state index contributed by atoms with van der Waals surface area (Å²) in [4.78, 5) is 0. The zero-order chi connectivity index (χ0) is 15.4. The molecule has 112 valence electrons. The topological polar surface area (TPSA) is 21.3 Å². The van der Waals surface area contributed by atoms with Gasteiger partial charge in [0, 0.05) is 17.1 Å². The highest BCUT2D eigenvalue weighted by atomic mass is 35.5. The number of rotatable bonds is 5. The molecule has 0 aliphatic heterocycles. The lowest BCUT2D eigenvalue weighted by Crippen LogP contribution is -2.07. The van der Waals surface area contributed by atoms with Gasteiger partial charge in [-0.15, -0.1) is 0 Å². The molecular formula is C15H13ClF3NO. The maximum Gasteiger partial charge on any atom is 0.191 e. The largest absolute Gasteiger partial charge is 0.483 e. The summed E-state index contributed by atoms with van der Waals surface area (Å²) in [6, 6.07) is 6.35. The highest BCUT2D eigenvalue weighted by Gasteiger charge is 2.14. The fourth-order valence-electron chi connectivity index (χ4n) is 1.85. The molecule has 2 aromatic carbocycles. The molecular weight excluding hydrogens is 303 g/mol. The molecule has 0 aliphatic rings. The van der Waals surface area contributed by atoms with Crippen molar-refractivity contribution in [2.75, 3.05) is 7.05 Å². The van der Waals surface area contributed by atoms with E-state index in [-0.39, 0.29) is 17.2 Å². The van der Waals surface area contributed by atoms with Crippen LogP contribution < -0.4 is 10.1 Å². The monoisotopic (exact) mass is 315 g/mol. The van der Waals surface area contributed by atoms with E-state index in [9.17, 15) is 13.2 Å². The van der Waals surface area contributed by atoms with Crippen LogP contribution in [-0.2, 0) is 13.2 Å². The standard InChI is InChI=1S/C15H13ClF3NO/c1-20-7-9-4-13(18)15(14(19)5-9)21-8-10-2-3-11(16)6-12(10)17/h2-6,20H,7-8H2,1H3. The molecule has 21 heavy (non-hydrogen) atoms. The Morgan fingerprint density at radius 1 is 1.05 bits per heavy atom. The Morgan fingerprint density at radius 2 is 1.71 bits per heavy atom. The quantitative estimate of drug-likeness (QED) is 0.898. The molecule has 0 fully saturated rings. The summed E-state index contributed by atoms with van der Waals surface area (Å²) in [5.74, 6) is -2.76. The summed E-state index contributed by atoms with van der Waals surface area (Å²) in [5, 5.41) is 3.03. The molecule has 2 nitrogen and oxygen atoms in total. The fourth-order valence-corrected chi connectivity index (χ4v) is 2.00. The van der Waals surface area contributed by atoms with Crippen LogP contribution >= 0.6 is 11.6 Å². The maximum atomic E-state index is 13.8. The molecule has 0 aromatic heterocycles. The van der Waals surface area contributed by atoms with Gasteiger partial charge in [-0.2, -0.15) is 0 Å². The van der Waals surface area contributed by atoms with Crippen LogP contribution in [0.25, 0.3) is 0 Å². The molecule has 6 heteroatoms. The maximum absolute atomic E-state index is 13.8. The fraction of sp³-hybridized carbons (Fsp3) is 0.200. The van der Waals surface area contributed by atoms with Gasteiger partial charge in [-0.25, -0.2) is 13.2 Å². The van der Waals surface area contributed by atoms with Gasteiger partial charge in [0.05, 0.1) is 0 Å². The first-order valence-corrected chi connectivity index (χ1v) is 6.58. The van der Waals surface area contributed by atoms with Crippen molar-refractivity contribution >= 4 is 11.6 Å². The van der Waals surface area contributed by atoms with Crippen LogP contribution in [0.3, 0.4) is 0 Å².